The second-order valence-corrected chi connectivity index (χ2v) is 14.0. The van der Waals surface area contributed by atoms with Crippen LogP contribution in [0.3, 0.4) is 0 Å². The fraction of sp³-hybridized carbons (Fsp3) is 0.719. The van der Waals surface area contributed by atoms with Gasteiger partial charge in [-0.1, -0.05) is 46.8 Å². The van der Waals surface area contributed by atoms with E-state index in [2.05, 4.69) is 79.0 Å². The van der Waals surface area contributed by atoms with Crippen molar-refractivity contribution in [2.45, 2.75) is 66.2 Å². The highest BCUT2D eigenvalue weighted by molar-refractivity contribution is 7.80. The van der Waals surface area contributed by atoms with E-state index in [1.807, 2.05) is 13.3 Å². The number of nitrogens with one attached hydrogen (secondary N) is 1. The lowest BCUT2D eigenvalue weighted by atomic mass is 9.43. The highest BCUT2D eigenvalue weighted by atomic mass is 32.1. The van der Waals surface area contributed by atoms with Crippen LogP contribution in [-0.2, 0) is 16.2 Å². The number of aliphatic hydroxyl groups is 1. The minimum atomic E-state index is -0.525. The summed E-state index contributed by atoms with van der Waals surface area (Å²) in [5.74, 6) is 2.18. The molecule has 1 aromatic carbocycles. The number of piperazine rings is 1. The number of anilines is 1. The zero-order valence-electron chi connectivity index (χ0n) is 25.6. The number of carbonyl (C=O) groups is 1. The number of carbonyl (C=O) groups excluding carboxylic acids is 1. The van der Waals surface area contributed by atoms with E-state index < -0.39 is 12.1 Å². The summed E-state index contributed by atoms with van der Waals surface area (Å²) in [5.41, 5.74) is 2.63. The predicted octanol–water partition coefficient (Wildman–Crippen LogP) is 3.98. The number of fused-ring (bicyclic) bond motifs is 2. The Hall–Kier alpha value is -2.07. The number of aliphatic imine (C=N–C) groups is 1. The highest BCUT2D eigenvalue weighted by Gasteiger charge is 2.56. The minimum Gasteiger partial charge on any atom is -0.394 e. The summed E-state index contributed by atoms with van der Waals surface area (Å²) in [5, 5.41) is 15.8. The van der Waals surface area contributed by atoms with Crippen molar-refractivity contribution in [2.24, 2.45) is 45.9 Å². The van der Waals surface area contributed by atoms with E-state index in [9.17, 15) is 9.90 Å². The molecule has 2 aliphatic heterocycles. The van der Waals surface area contributed by atoms with Gasteiger partial charge >= 0.3 is 0 Å². The topological polar surface area (TPSA) is 80.6 Å². The number of thiocarbonyl (C=S) groups is 1. The molecule has 3 aliphatic carbocycles. The fourth-order valence-electron chi connectivity index (χ4n) is 8.07. The summed E-state index contributed by atoms with van der Waals surface area (Å²) in [6, 6.07) is 7.95. The molecule has 5 aliphatic rings. The van der Waals surface area contributed by atoms with Crippen molar-refractivity contribution < 1.29 is 14.7 Å². The summed E-state index contributed by atoms with van der Waals surface area (Å²) >= 11 is 5.41. The Morgan fingerprint density at radius 1 is 1.24 bits per heavy atom. The standard InChI is InChI=1S/C32H49N5O3S/c1-20(2)28-27(19-38)40-37(29(28)30(39)34-17-23-15-24-16-26(21(23)3)32(24,4)5)18-22-8-7-9-25(14-22)35-10-12-36(13-11-35)31(41)33-6/h7-9,14,17,20-21,23-24,26-29,38H,10-13,15-16,18-19H2,1-6H3,(H,33,41)/t21-,23?,24+,26+,27+,28-,29+/m1/s1. The molecule has 1 aromatic rings. The van der Waals surface area contributed by atoms with Crippen LogP contribution >= 0.6 is 12.2 Å². The zero-order valence-corrected chi connectivity index (χ0v) is 26.4. The second kappa shape index (κ2) is 12.3. The molecule has 1 unspecified atom stereocenters. The fourth-order valence-corrected chi connectivity index (χ4v) is 8.25. The van der Waals surface area contributed by atoms with Gasteiger partial charge < -0.3 is 20.2 Å². The molecule has 9 heteroatoms. The van der Waals surface area contributed by atoms with Crippen LogP contribution in [0.25, 0.3) is 0 Å². The highest BCUT2D eigenvalue weighted by Crippen LogP contribution is 2.62. The maximum Gasteiger partial charge on any atom is 0.265 e. The molecule has 2 N–H and O–H groups in total. The Morgan fingerprint density at radius 3 is 2.59 bits per heavy atom. The summed E-state index contributed by atoms with van der Waals surface area (Å²) in [6.07, 6.45) is 3.95. The van der Waals surface area contributed by atoms with Crippen LogP contribution in [0.1, 0.15) is 53.0 Å². The lowest BCUT2D eigenvalue weighted by molar-refractivity contribution is -0.180. The molecule has 5 fully saturated rings. The molecule has 0 radical (unpaired) electrons. The maximum absolute atomic E-state index is 13.8. The van der Waals surface area contributed by atoms with Gasteiger partial charge in [-0.05, 0) is 77.8 Å². The lowest BCUT2D eigenvalue weighted by Crippen LogP contribution is -2.55. The van der Waals surface area contributed by atoms with Crippen LogP contribution in [0.15, 0.2) is 29.3 Å². The predicted molar refractivity (Wildman–Crippen MR) is 168 cm³/mol. The first kappa shape index (κ1) is 30.4. The quantitative estimate of drug-likeness (QED) is 0.369. The Morgan fingerprint density at radius 2 is 1.98 bits per heavy atom. The molecule has 2 heterocycles. The van der Waals surface area contributed by atoms with Crippen LogP contribution in [0.4, 0.5) is 5.69 Å². The van der Waals surface area contributed by atoms with Gasteiger partial charge in [0.15, 0.2) is 5.11 Å². The van der Waals surface area contributed by atoms with Gasteiger partial charge in [0, 0.05) is 51.0 Å². The number of aliphatic hydroxyl groups excluding tert-OH is 1. The molecular weight excluding hydrogens is 534 g/mol. The zero-order chi connectivity index (χ0) is 29.5. The van der Waals surface area contributed by atoms with Crippen molar-refractivity contribution in [1.29, 1.82) is 0 Å². The maximum atomic E-state index is 13.8. The van der Waals surface area contributed by atoms with Gasteiger partial charge in [0.25, 0.3) is 5.91 Å². The average molecular weight is 584 g/mol. The van der Waals surface area contributed by atoms with E-state index in [1.54, 1.807) is 5.06 Å². The number of hydrogen-bond acceptors (Lipinski definition) is 6. The monoisotopic (exact) mass is 583 g/mol. The van der Waals surface area contributed by atoms with Gasteiger partial charge in [-0.3, -0.25) is 9.63 Å². The van der Waals surface area contributed by atoms with E-state index >= 15 is 0 Å². The third kappa shape index (κ3) is 5.92. The van der Waals surface area contributed by atoms with Crippen LogP contribution in [-0.4, -0.2) is 84.3 Å². The molecule has 0 aromatic heterocycles. The van der Waals surface area contributed by atoms with Gasteiger partial charge in [0.05, 0.1) is 13.2 Å². The van der Waals surface area contributed by atoms with Crippen molar-refractivity contribution in [3.63, 3.8) is 0 Å². The molecule has 2 saturated heterocycles. The first-order valence-corrected chi connectivity index (χ1v) is 15.9. The molecule has 6 rings (SSSR count). The van der Waals surface area contributed by atoms with Crippen molar-refractivity contribution in [1.82, 2.24) is 15.3 Å². The van der Waals surface area contributed by atoms with E-state index in [4.69, 9.17) is 17.1 Å². The molecule has 3 saturated carbocycles. The molecule has 7 atom stereocenters. The number of nitrogens with zero attached hydrogens (tertiary/aromatic N) is 4. The first-order chi connectivity index (χ1) is 19.5. The largest absolute Gasteiger partial charge is 0.394 e. The number of benzene rings is 1. The Labute approximate surface area is 251 Å². The van der Waals surface area contributed by atoms with Gasteiger partial charge in [-0.25, -0.2) is 4.99 Å². The lowest BCUT2D eigenvalue weighted by Gasteiger charge is -2.61. The number of rotatable bonds is 7. The van der Waals surface area contributed by atoms with Gasteiger partial charge in [0.2, 0.25) is 0 Å². The second-order valence-electron chi connectivity index (χ2n) is 13.6. The molecular formula is C32H49N5O3S. The van der Waals surface area contributed by atoms with Crippen molar-refractivity contribution in [3.05, 3.63) is 29.8 Å². The van der Waals surface area contributed by atoms with Gasteiger partial charge in [0.1, 0.15) is 12.1 Å². The minimum absolute atomic E-state index is 0.121. The van der Waals surface area contributed by atoms with E-state index in [1.165, 1.54) is 6.42 Å². The van der Waals surface area contributed by atoms with E-state index in [0.717, 1.165) is 54.9 Å². The van der Waals surface area contributed by atoms with Crippen LogP contribution < -0.4 is 10.2 Å². The summed E-state index contributed by atoms with van der Waals surface area (Å²) in [7, 11) is 1.87. The molecule has 226 valence electrons. The summed E-state index contributed by atoms with van der Waals surface area (Å²) in [6.45, 7) is 15.2. The van der Waals surface area contributed by atoms with E-state index in [-0.39, 0.29) is 24.3 Å². The molecule has 41 heavy (non-hydrogen) atoms. The smallest absolute Gasteiger partial charge is 0.265 e. The molecule has 2 bridgehead atoms. The summed E-state index contributed by atoms with van der Waals surface area (Å²) in [4.78, 5) is 29.2. The van der Waals surface area contributed by atoms with Crippen LogP contribution in [0.2, 0.25) is 0 Å². The summed E-state index contributed by atoms with van der Waals surface area (Å²) < 4.78 is 0. The Balaban J connectivity index is 1.29. The van der Waals surface area contributed by atoms with Gasteiger partial charge in [-0.2, -0.15) is 5.06 Å². The average Bonchev–Trinajstić information content (AvgIpc) is 3.34. The number of amides is 1. The third-order valence-electron chi connectivity index (χ3n) is 10.8. The van der Waals surface area contributed by atoms with Crippen LogP contribution in [0, 0.1) is 40.9 Å². The number of hydroxylamine groups is 2. The van der Waals surface area contributed by atoms with Crippen molar-refractivity contribution in [3.8, 4) is 0 Å². The SMILES string of the molecule is CNC(=S)N1CCN(c2cccc(CN3O[C@@H](CO)[C@@H](C(C)C)[C@H]3C(=O)N=CC3C[C@H]4C[C@@H]([C@@H]3C)C4(C)C)c2)CC1. The molecule has 1 amide bonds. The van der Waals surface area contributed by atoms with Crippen LogP contribution in [0.5, 0.6) is 0 Å². The Kier molecular flexibility index (Phi) is 9.09. The molecule has 8 nitrogen and oxygen atoms in total. The third-order valence-corrected chi connectivity index (χ3v) is 11.2. The van der Waals surface area contributed by atoms with Crippen molar-refractivity contribution >= 4 is 35.1 Å². The normalized spacial score (nSPS) is 33.3. The van der Waals surface area contributed by atoms with E-state index in [0.29, 0.717) is 29.7 Å². The van der Waals surface area contributed by atoms with Gasteiger partial charge in [-0.15, -0.1) is 0 Å². The molecule has 0 spiro atoms. The first-order valence-electron chi connectivity index (χ1n) is 15.5. The number of hydrogen-bond donors (Lipinski definition) is 2. The van der Waals surface area contributed by atoms with Crippen molar-refractivity contribution in [2.75, 3.05) is 44.7 Å². The Bertz CT molecular complexity index is 1130.